The number of carboxylic acids is 1. The van der Waals surface area contributed by atoms with E-state index in [9.17, 15) is 18.0 Å². The highest BCUT2D eigenvalue weighted by Crippen LogP contribution is 2.18. The fourth-order valence-corrected chi connectivity index (χ4v) is 3.92. The van der Waals surface area contributed by atoms with Gasteiger partial charge in [0.2, 0.25) is 15.9 Å². The molecule has 1 aliphatic heterocycles. The molecule has 0 aliphatic carbocycles. The van der Waals surface area contributed by atoms with Gasteiger partial charge in [0.1, 0.15) is 4.88 Å². The predicted octanol–water partition coefficient (Wildman–Crippen LogP) is -0.844. The first-order chi connectivity index (χ1) is 9.90. The summed E-state index contributed by atoms with van der Waals surface area (Å²) >= 11 is 0.825. The Hall–Kier alpha value is -1.49. The quantitative estimate of drug-likeness (QED) is 0.647. The molecule has 1 aliphatic rings. The van der Waals surface area contributed by atoms with Gasteiger partial charge in [-0.25, -0.2) is 17.9 Å². The molecule has 1 saturated heterocycles. The van der Waals surface area contributed by atoms with Crippen molar-refractivity contribution >= 4 is 33.2 Å². The fourth-order valence-electron chi connectivity index (χ4n) is 1.84. The third-order valence-electron chi connectivity index (χ3n) is 2.98. The van der Waals surface area contributed by atoms with Crippen LogP contribution in [0.4, 0.5) is 0 Å². The van der Waals surface area contributed by atoms with Crippen LogP contribution in [0.2, 0.25) is 0 Å². The van der Waals surface area contributed by atoms with Gasteiger partial charge in [0.15, 0.2) is 0 Å². The minimum Gasteiger partial charge on any atom is -0.477 e. The molecule has 21 heavy (non-hydrogen) atoms. The Bertz CT molecular complexity index is 634. The Balaban J connectivity index is 1.97. The second kappa shape index (κ2) is 6.52. The molecule has 10 heteroatoms. The molecule has 0 aromatic carbocycles. The van der Waals surface area contributed by atoms with E-state index in [4.69, 9.17) is 5.11 Å². The van der Waals surface area contributed by atoms with Crippen LogP contribution in [0.1, 0.15) is 9.67 Å². The van der Waals surface area contributed by atoms with E-state index in [2.05, 4.69) is 10.0 Å². The molecule has 1 fully saturated rings. The maximum Gasteiger partial charge on any atom is 0.345 e. The molecule has 0 bridgehead atoms. The van der Waals surface area contributed by atoms with E-state index in [-0.39, 0.29) is 22.2 Å². The van der Waals surface area contributed by atoms with Crippen molar-refractivity contribution in [1.29, 1.82) is 0 Å². The molecule has 3 N–H and O–H groups in total. The highest BCUT2D eigenvalue weighted by atomic mass is 32.2. The normalized spacial score (nSPS) is 15.9. The van der Waals surface area contributed by atoms with E-state index < -0.39 is 16.0 Å². The molecular weight excluding hydrogens is 318 g/mol. The van der Waals surface area contributed by atoms with Gasteiger partial charge in [-0.3, -0.25) is 4.79 Å². The summed E-state index contributed by atoms with van der Waals surface area (Å²) in [6.45, 7) is 2.13. The van der Waals surface area contributed by atoms with Gasteiger partial charge in [-0.2, -0.15) is 0 Å². The van der Waals surface area contributed by atoms with E-state index in [0.717, 1.165) is 17.4 Å². The monoisotopic (exact) mass is 333 g/mol. The maximum absolute atomic E-state index is 12.0. The largest absolute Gasteiger partial charge is 0.477 e. The topological polar surface area (TPSA) is 116 Å². The van der Waals surface area contributed by atoms with E-state index in [1.807, 2.05) is 0 Å². The number of hydrogen-bond acceptors (Lipinski definition) is 6. The number of carbonyl (C=O) groups is 2. The molecule has 2 heterocycles. The average Bonchev–Trinajstić information content (AvgIpc) is 2.97. The Morgan fingerprint density at radius 3 is 2.62 bits per heavy atom. The van der Waals surface area contributed by atoms with Crippen LogP contribution >= 0.6 is 11.3 Å². The second-order valence-electron chi connectivity index (χ2n) is 4.41. The molecule has 116 valence electrons. The molecular formula is C11H15N3O5S2. The average molecular weight is 333 g/mol. The summed E-state index contributed by atoms with van der Waals surface area (Å²) in [5.41, 5.74) is 0. The van der Waals surface area contributed by atoms with E-state index >= 15 is 0 Å². The van der Waals surface area contributed by atoms with Crippen LogP contribution < -0.4 is 10.0 Å². The van der Waals surface area contributed by atoms with Gasteiger partial charge < -0.3 is 15.3 Å². The van der Waals surface area contributed by atoms with Crippen LogP contribution in [-0.2, 0) is 14.8 Å². The summed E-state index contributed by atoms with van der Waals surface area (Å²) in [4.78, 5) is 24.0. The van der Waals surface area contributed by atoms with Crippen molar-refractivity contribution in [3.63, 3.8) is 0 Å². The van der Waals surface area contributed by atoms with Gasteiger partial charge in [0, 0.05) is 31.6 Å². The first kappa shape index (κ1) is 15.9. The van der Waals surface area contributed by atoms with Crippen LogP contribution in [0.3, 0.4) is 0 Å². The summed E-state index contributed by atoms with van der Waals surface area (Å²) in [6, 6.07) is 1.07. The van der Waals surface area contributed by atoms with Crippen molar-refractivity contribution in [2.24, 2.45) is 0 Å². The highest BCUT2D eigenvalue weighted by molar-refractivity contribution is 7.89. The van der Waals surface area contributed by atoms with Crippen molar-refractivity contribution in [2.45, 2.75) is 4.90 Å². The zero-order valence-corrected chi connectivity index (χ0v) is 12.7. The van der Waals surface area contributed by atoms with E-state index in [0.29, 0.717) is 26.2 Å². The number of aromatic carboxylic acids is 1. The van der Waals surface area contributed by atoms with Crippen LogP contribution in [0, 0.1) is 0 Å². The van der Waals surface area contributed by atoms with Crippen LogP contribution in [0.15, 0.2) is 16.3 Å². The van der Waals surface area contributed by atoms with Gasteiger partial charge in [-0.05, 0) is 6.07 Å². The third-order valence-corrected chi connectivity index (χ3v) is 5.43. The summed E-state index contributed by atoms with van der Waals surface area (Å²) in [6.07, 6.45) is 0. The summed E-state index contributed by atoms with van der Waals surface area (Å²) in [7, 11) is -3.87. The number of amides is 1. The Morgan fingerprint density at radius 1 is 1.38 bits per heavy atom. The molecule has 1 amide bonds. The zero-order chi connectivity index (χ0) is 15.5. The van der Waals surface area contributed by atoms with E-state index in [1.165, 1.54) is 5.38 Å². The Kier molecular flexibility index (Phi) is 4.93. The number of rotatable bonds is 5. The number of hydrogen-bond donors (Lipinski definition) is 3. The molecule has 1 aromatic rings. The molecule has 0 spiro atoms. The Labute approximate surface area is 125 Å². The van der Waals surface area contributed by atoms with Crippen molar-refractivity contribution in [1.82, 2.24) is 14.9 Å². The molecule has 2 rings (SSSR count). The lowest BCUT2D eigenvalue weighted by molar-refractivity contribution is -0.130. The smallest absolute Gasteiger partial charge is 0.345 e. The van der Waals surface area contributed by atoms with Crippen molar-refractivity contribution in [2.75, 3.05) is 32.7 Å². The number of sulfonamides is 1. The van der Waals surface area contributed by atoms with Crippen molar-refractivity contribution in [3.8, 4) is 0 Å². The lowest BCUT2D eigenvalue weighted by atomic mass is 10.3. The summed E-state index contributed by atoms with van der Waals surface area (Å²) in [5, 5.41) is 13.1. The minimum absolute atomic E-state index is 0.0659. The number of carboxylic acid groups (broad SMARTS) is 1. The van der Waals surface area contributed by atoms with Crippen molar-refractivity contribution in [3.05, 3.63) is 16.3 Å². The SMILES string of the molecule is O=C(O)c1cc(S(=O)(=O)NCC(=O)N2CCNCC2)cs1. The van der Waals surface area contributed by atoms with Crippen LogP contribution in [0.25, 0.3) is 0 Å². The zero-order valence-electron chi connectivity index (χ0n) is 11.0. The first-order valence-electron chi connectivity index (χ1n) is 6.20. The molecule has 8 nitrogen and oxygen atoms in total. The van der Waals surface area contributed by atoms with Gasteiger partial charge in [-0.1, -0.05) is 0 Å². The predicted molar refractivity (Wildman–Crippen MR) is 75.9 cm³/mol. The fraction of sp³-hybridized carbons (Fsp3) is 0.455. The molecule has 0 saturated carbocycles. The molecule has 0 atom stereocenters. The number of thiophene rings is 1. The maximum atomic E-state index is 12.0. The molecule has 1 aromatic heterocycles. The van der Waals surface area contributed by atoms with Gasteiger partial charge in [-0.15, -0.1) is 11.3 Å². The second-order valence-corrected chi connectivity index (χ2v) is 7.09. The lowest BCUT2D eigenvalue weighted by Crippen LogP contribution is -2.49. The molecule has 0 unspecified atom stereocenters. The third kappa shape index (κ3) is 4.00. The molecule has 0 radical (unpaired) electrons. The lowest BCUT2D eigenvalue weighted by Gasteiger charge is -2.27. The van der Waals surface area contributed by atoms with Crippen LogP contribution in [0.5, 0.6) is 0 Å². The number of piperazine rings is 1. The summed E-state index contributed by atoms with van der Waals surface area (Å²) in [5.74, 6) is -1.48. The van der Waals surface area contributed by atoms with Crippen molar-refractivity contribution < 1.29 is 23.1 Å². The Morgan fingerprint density at radius 2 is 2.05 bits per heavy atom. The first-order valence-corrected chi connectivity index (χ1v) is 8.56. The summed E-state index contributed by atoms with van der Waals surface area (Å²) < 4.78 is 26.1. The number of nitrogens with zero attached hydrogens (tertiary/aromatic N) is 1. The van der Waals surface area contributed by atoms with Gasteiger partial charge >= 0.3 is 5.97 Å². The van der Waals surface area contributed by atoms with Gasteiger partial charge in [0.05, 0.1) is 11.4 Å². The number of carbonyl (C=O) groups excluding carboxylic acids is 1. The number of nitrogens with one attached hydrogen (secondary N) is 2. The van der Waals surface area contributed by atoms with Crippen LogP contribution in [-0.4, -0.2) is 63.0 Å². The van der Waals surface area contributed by atoms with Gasteiger partial charge in [0.25, 0.3) is 0 Å². The van der Waals surface area contributed by atoms with E-state index in [1.54, 1.807) is 4.90 Å². The standard InChI is InChI=1S/C11H15N3O5S2/c15-10(14-3-1-12-2-4-14)6-13-21(18,19)8-5-9(11(16)17)20-7-8/h5,7,12-13H,1-4,6H2,(H,16,17). The minimum atomic E-state index is -3.87. The highest BCUT2D eigenvalue weighted by Gasteiger charge is 2.22.